The van der Waals surface area contributed by atoms with Crippen molar-refractivity contribution in [3.63, 3.8) is 0 Å². The quantitative estimate of drug-likeness (QED) is 0.162. The van der Waals surface area contributed by atoms with Gasteiger partial charge >= 0.3 is 0 Å². The molecule has 0 fully saturated rings. The molecular formula is C44H34. The molecule has 0 bridgehead atoms. The lowest BCUT2D eigenvalue weighted by atomic mass is 9.63. The van der Waals surface area contributed by atoms with Gasteiger partial charge in [0.1, 0.15) is 0 Å². The van der Waals surface area contributed by atoms with Gasteiger partial charge in [-0.15, -0.1) is 0 Å². The molecule has 0 spiro atoms. The minimum Gasteiger partial charge on any atom is -0.0622 e. The molecule has 0 nitrogen and oxygen atoms in total. The highest BCUT2D eigenvalue weighted by Gasteiger charge is 2.41. The Balaban J connectivity index is 1.52. The number of hydrogen-bond acceptors (Lipinski definition) is 0. The van der Waals surface area contributed by atoms with Crippen molar-refractivity contribution >= 4 is 0 Å². The molecule has 0 radical (unpaired) electrons. The van der Waals surface area contributed by atoms with E-state index < -0.39 is 10.8 Å². The van der Waals surface area contributed by atoms with Gasteiger partial charge in [-0.05, 0) is 44.5 Å². The van der Waals surface area contributed by atoms with Gasteiger partial charge in [0.15, 0.2) is 0 Å². The lowest BCUT2D eigenvalue weighted by Gasteiger charge is -2.39. The van der Waals surface area contributed by atoms with Gasteiger partial charge in [0.25, 0.3) is 0 Å². The Labute approximate surface area is 261 Å². The SMILES string of the molecule is c1ccc(C(c2ccccc2)(c2ccccc2)c2ccc(C(c3ccccc3)(c3ccccc3)c3ccccc3)cc2)cc1. The van der Waals surface area contributed by atoms with Crippen molar-refractivity contribution in [1.82, 2.24) is 0 Å². The zero-order valence-corrected chi connectivity index (χ0v) is 24.6. The van der Waals surface area contributed by atoms with Crippen molar-refractivity contribution in [2.45, 2.75) is 10.8 Å². The van der Waals surface area contributed by atoms with Crippen LogP contribution in [-0.2, 0) is 10.8 Å². The topological polar surface area (TPSA) is 0 Å². The predicted octanol–water partition coefficient (Wildman–Crippen LogP) is 10.5. The van der Waals surface area contributed by atoms with Gasteiger partial charge in [-0.3, -0.25) is 0 Å². The van der Waals surface area contributed by atoms with Crippen LogP contribution in [0.4, 0.5) is 0 Å². The normalized spacial score (nSPS) is 11.6. The highest BCUT2D eigenvalue weighted by atomic mass is 14.4. The standard InChI is InChI=1S/C44H34/c1-7-19-35(20-8-1)43(36-21-9-2-10-22-36,37-23-11-3-12-24-37)41-31-33-42(34-32-41)44(38-25-13-4-14-26-38,39-27-15-5-16-28-39)40-29-17-6-18-30-40/h1-34H. The lowest BCUT2D eigenvalue weighted by molar-refractivity contribution is 0.728. The van der Waals surface area contributed by atoms with Crippen molar-refractivity contribution < 1.29 is 0 Å². The van der Waals surface area contributed by atoms with Crippen LogP contribution in [0.25, 0.3) is 0 Å². The molecular weight excluding hydrogens is 528 g/mol. The Bertz CT molecular complexity index is 1560. The second-order valence-corrected chi connectivity index (χ2v) is 11.3. The smallest absolute Gasteiger partial charge is 0.0622 e. The van der Waals surface area contributed by atoms with Crippen LogP contribution in [0.3, 0.4) is 0 Å². The maximum Gasteiger partial charge on any atom is 0.0701 e. The summed E-state index contributed by atoms with van der Waals surface area (Å²) >= 11 is 0. The Morgan fingerprint density at radius 2 is 0.295 bits per heavy atom. The van der Waals surface area contributed by atoms with E-state index in [1.807, 2.05) is 0 Å². The van der Waals surface area contributed by atoms with Crippen LogP contribution in [0.2, 0.25) is 0 Å². The summed E-state index contributed by atoms with van der Waals surface area (Å²) in [4.78, 5) is 0. The van der Waals surface area contributed by atoms with Crippen molar-refractivity contribution in [3.05, 3.63) is 251 Å². The van der Waals surface area contributed by atoms with E-state index >= 15 is 0 Å². The monoisotopic (exact) mass is 562 g/mol. The largest absolute Gasteiger partial charge is 0.0701 e. The third-order valence-electron chi connectivity index (χ3n) is 8.99. The maximum absolute atomic E-state index is 2.35. The van der Waals surface area contributed by atoms with Crippen molar-refractivity contribution in [1.29, 1.82) is 0 Å². The average Bonchev–Trinajstić information content (AvgIpc) is 3.12. The Kier molecular flexibility index (Phi) is 7.49. The predicted molar refractivity (Wildman–Crippen MR) is 183 cm³/mol. The van der Waals surface area contributed by atoms with E-state index in [1.165, 1.54) is 44.5 Å². The molecule has 0 heterocycles. The Hall–Kier alpha value is -5.46. The molecule has 7 aromatic rings. The molecule has 0 atom stereocenters. The molecule has 0 aromatic heterocycles. The minimum absolute atomic E-state index is 0.489. The number of benzene rings is 7. The van der Waals surface area contributed by atoms with Crippen LogP contribution in [0.5, 0.6) is 0 Å². The first kappa shape index (κ1) is 27.4. The van der Waals surface area contributed by atoms with E-state index in [9.17, 15) is 0 Å². The molecule has 0 aliphatic carbocycles. The van der Waals surface area contributed by atoms with Gasteiger partial charge in [0, 0.05) is 0 Å². The molecule has 44 heavy (non-hydrogen) atoms. The van der Waals surface area contributed by atoms with Crippen molar-refractivity contribution in [2.24, 2.45) is 0 Å². The molecule has 7 aromatic carbocycles. The van der Waals surface area contributed by atoms with Crippen LogP contribution in [0, 0.1) is 0 Å². The minimum atomic E-state index is -0.489. The van der Waals surface area contributed by atoms with E-state index in [4.69, 9.17) is 0 Å². The van der Waals surface area contributed by atoms with Gasteiger partial charge in [0.05, 0.1) is 10.8 Å². The molecule has 0 saturated carbocycles. The van der Waals surface area contributed by atoms with Crippen molar-refractivity contribution in [3.8, 4) is 0 Å². The van der Waals surface area contributed by atoms with Crippen LogP contribution in [0.15, 0.2) is 206 Å². The fourth-order valence-corrected chi connectivity index (χ4v) is 7.10. The maximum atomic E-state index is 2.35. The highest BCUT2D eigenvalue weighted by molar-refractivity contribution is 5.63. The third kappa shape index (κ3) is 4.57. The first-order chi connectivity index (χ1) is 21.8. The molecule has 0 saturated heterocycles. The zero-order chi connectivity index (χ0) is 29.7. The van der Waals surface area contributed by atoms with E-state index in [0.717, 1.165) is 0 Å². The molecule has 0 unspecified atom stereocenters. The summed E-state index contributed by atoms with van der Waals surface area (Å²) < 4.78 is 0. The summed E-state index contributed by atoms with van der Waals surface area (Å²) in [5, 5.41) is 0. The fraction of sp³-hybridized carbons (Fsp3) is 0.0455. The van der Waals surface area contributed by atoms with Gasteiger partial charge in [-0.25, -0.2) is 0 Å². The molecule has 0 aliphatic heterocycles. The second kappa shape index (κ2) is 12.0. The molecule has 0 N–H and O–H groups in total. The van der Waals surface area contributed by atoms with Crippen molar-refractivity contribution in [2.75, 3.05) is 0 Å². The summed E-state index contributed by atoms with van der Waals surface area (Å²) in [6.45, 7) is 0. The van der Waals surface area contributed by atoms with E-state index in [-0.39, 0.29) is 0 Å². The molecule has 0 aliphatic rings. The fourth-order valence-electron chi connectivity index (χ4n) is 7.10. The van der Waals surface area contributed by atoms with Gasteiger partial charge < -0.3 is 0 Å². The summed E-state index contributed by atoms with van der Waals surface area (Å²) in [5.41, 5.74) is 8.93. The first-order valence-electron chi connectivity index (χ1n) is 15.3. The summed E-state index contributed by atoms with van der Waals surface area (Å²) in [5.74, 6) is 0. The van der Waals surface area contributed by atoms with Crippen LogP contribution in [-0.4, -0.2) is 0 Å². The van der Waals surface area contributed by atoms with Crippen LogP contribution >= 0.6 is 0 Å². The summed E-state index contributed by atoms with van der Waals surface area (Å²) in [6, 6.07) is 74.9. The van der Waals surface area contributed by atoms with Gasteiger partial charge in [-0.2, -0.15) is 0 Å². The summed E-state index contributed by atoms with van der Waals surface area (Å²) in [6.07, 6.45) is 0. The third-order valence-corrected chi connectivity index (χ3v) is 8.99. The van der Waals surface area contributed by atoms with Crippen LogP contribution in [0.1, 0.15) is 44.5 Å². The van der Waals surface area contributed by atoms with Gasteiger partial charge in [0.2, 0.25) is 0 Å². The van der Waals surface area contributed by atoms with Crippen LogP contribution < -0.4 is 0 Å². The molecule has 0 amide bonds. The van der Waals surface area contributed by atoms with E-state index in [0.29, 0.717) is 0 Å². The van der Waals surface area contributed by atoms with E-state index in [2.05, 4.69) is 206 Å². The second-order valence-electron chi connectivity index (χ2n) is 11.3. The lowest BCUT2D eigenvalue weighted by Crippen LogP contribution is -2.33. The summed E-state index contributed by atoms with van der Waals surface area (Å²) in [7, 11) is 0. The van der Waals surface area contributed by atoms with Gasteiger partial charge in [-0.1, -0.05) is 206 Å². The number of rotatable bonds is 8. The number of hydrogen-bond donors (Lipinski definition) is 0. The first-order valence-corrected chi connectivity index (χ1v) is 15.3. The molecule has 210 valence electrons. The average molecular weight is 563 g/mol. The molecule has 0 heteroatoms. The van der Waals surface area contributed by atoms with E-state index in [1.54, 1.807) is 0 Å². The zero-order valence-electron chi connectivity index (χ0n) is 24.6. The molecule has 7 rings (SSSR count). The highest BCUT2D eigenvalue weighted by Crippen LogP contribution is 2.48. The Morgan fingerprint density at radius 3 is 0.455 bits per heavy atom. The Morgan fingerprint density at radius 1 is 0.159 bits per heavy atom.